The zero-order valence-corrected chi connectivity index (χ0v) is 22.3. The second kappa shape index (κ2) is 11.4. The number of aryl methyl sites for hydroxylation is 1. The molecular formula is C33H31N3O3. The minimum Gasteiger partial charge on any atom is -0.497 e. The molecule has 0 aliphatic carbocycles. The van der Waals surface area contributed by atoms with Crippen molar-refractivity contribution in [3.8, 4) is 28.1 Å². The van der Waals surface area contributed by atoms with Crippen molar-refractivity contribution in [1.82, 2.24) is 14.7 Å². The highest BCUT2D eigenvalue weighted by Gasteiger charge is 2.18. The van der Waals surface area contributed by atoms with Gasteiger partial charge in [-0.05, 0) is 61.2 Å². The van der Waals surface area contributed by atoms with Gasteiger partial charge in [0.15, 0.2) is 5.78 Å². The van der Waals surface area contributed by atoms with Crippen molar-refractivity contribution in [3.63, 3.8) is 0 Å². The molecule has 39 heavy (non-hydrogen) atoms. The standard InChI is InChI=1S/C33H31N3O3/c1-22(24-8-5-4-6-9-24)34-32(38)19-17-30-33(27-10-7-11-29(20-27)39-3)35-31-18-16-28(21-36(30)31)26-14-12-25(13-15-26)23(2)37/h4-16,18,20-22H,17,19H2,1-3H3,(H,34,38). The Hall–Kier alpha value is -4.71. The number of amides is 1. The Morgan fingerprint density at radius 1 is 0.897 bits per heavy atom. The van der Waals surface area contributed by atoms with Crippen LogP contribution in [0.15, 0.2) is 97.2 Å². The van der Waals surface area contributed by atoms with Gasteiger partial charge in [0.2, 0.25) is 5.91 Å². The van der Waals surface area contributed by atoms with Gasteiger partial charge in [-0.25, -0.2) is 4.98 Å². The number of nitrogens with one attached hydrogen (secondary N) is 1. The molecule has 3 aromatic carbocycles. The molecule has 1 unspecified atom stereocenters. The van der Waals surface area contributed by atoms with Crippen molar-refractivity contribution in [2.24, 2.45) is 0 Å². The van der Waals surface area contributed by atoms with Crippen LogP contribution in [-0.2, 0) is 11.2 Å². The van der Waals surface area contributed by atoms with Crippen molar-refractivity contribution in [3.05, 3.63) is 114 Å². The zero-order valence-electron chi connectivity index (χ0n) is 22.3. The molecule has 1 N–H and O–H groups in total. The number of benzene rings is 3. The van der Waals surface area contributed by atoms with Crippen molar-refractivity contribution in [2.75, 3.05) is 7.11 Å². The average molecular weight is 518 g/mol. The molecule has 196 valence electrons. The third kappa shape index (κ3) is 5.75. The Bertz CT molecular complexity index is 1620. The quantitative estimate of drug-likeness (QED) is 0.221. The van der Waals surface area contributed by atoms with Gasteiger partial charge < -0.3 is 14.5 Å². The van der Waals surface area contributed by atoms with Crippen LogP contribution in [-0.4, -0.2) is 28.2 Å². The van der Waals surface area contributed by atoms with E-state index in [1.54, 1.807) is 14.0 Å². The van der Waals surface area contributed by atoms with Crippen molar-refractivity contribution >= 4 is 17.3 Å². The molecule has 6 heteroatoms. The van der Waals surface area contributed by atoms with E-state index in [0.717, 1.165) is 45.0 Å². The van der Waals surface area contributed by atoms with Gasteiger partial charge >= 0.3 is 0 Å². The molecule has 0 fully saturated rings. The highest BCUT2D eigenvalue weighted by Crippen LogP contribution is 2.30. The van der Waals surface area contributed by atoms with Gasteiger partial charge in [-0.3, -0.25) is 9.59 Å². The van der Waals surface area contributed by atoms with Crippen LogP contribution >= 0.6 is 0 Å². The predicted molar refractivity (Wildman–Crippen MR) is 154 cm³/mol. The number of imidazole rings is 1. The Balaban J connectivity index is 1.49. The first-order valence-corrected chi connectivity index (χ1v) is 13.0. The molecule has 2 aromatic heterocycles. The fourth-order valence-electron chi connectivity index (χ4n) is 4.77. The van der Waals surface area contributed by atoms with Gasteiger partial charge in [-0.2, -0.15) is 0 Å². The van der Waals surface area contributed by atoms with E-state index >= 15 is 0 Å². The summed E-state index contributed by atoms with van der Waals surface area (Å²) in [5, 5.41) is 3.12. The molecule has 0 bridgehead atoms. The van der Waals surface area contributed by atoms with Gasteiger partial charge in [-0.15, -0.1) is 0 Å². The highest BCUT2D eigenvalue weighted by atomic mass is 16.5. The molecule has 0 radical (unpaired) electrons. The lowest BCUT2D eigenvalue weighted by molar-refractivity contribution is -0.121. The normalized spacial score (nSPS) is 11.8. The van der Waals surface area contributed by atoms with E-state index in [1.165, 1.54) is 0 Å². The number of carbonyl (C=O) groups excluding carboxylic acids is 2. The first-order valence-electron chi connectivity index (χ1n) is 13.0. The van der Waals surface area contributed by atoms with E-state index in [9.17, 15) is 9.59 Å². The number of hydrogen-bond acceptors (Lipinski definition) is 4. The molecule has 2 heterocycles. The molecular weight excluding hydrogens is 486 g/mol. The van der Waals surface area contributed by atoms with Crippen molar-refractivity contribution in [1.29, 1.82) is 0 Å². The number of methoxy groups -OCH3 is 1. The Morgan fingerprint density at radius 2 is 1.64 bits per heavy atom. The molecule has 1 atom stereocenters. The molecule has 0 aliphatic heterocycles. The van der Waals surface area contributed by atoms with E-state index in [4.69, 9.17) is 9.72 Å². The monoisotopic (exact) mass is 517 g/mol. The number of pyridine rings is 1. The van der Waals surface area contributed by atoms with E-state index < -0.39 is 0 Å². The van der Waals surface area contributed by atoms with Crippen LogP contribution in [0.3, 0.4) is 0 Å². The summed E-state index contributed by atoms with van der Waals surface area (Å²) in [4.78, 5) is 29.7. The maximum atomic E-state index is 13.0. The summed E-state index contributed by atoms with van der Waals surface area (Å²) in [5.41, 5.74) is 7.24. The summed E-state index contributed by atoms with van der Waals surface area (Å²) in [6.07, 6.45) is 2.88. The molecule has 0 spiro atoms. The van der Waals surface area contributed by atoms with Crippen LogP contribution in [0.4, 0.5) is 0 Å². The third-order valence-electron chi connectivity index (χ3n) is 6.95. The number of aromatic nitrogens is 2. The highest BCUT2D eigenvalue weighted by molar-refractivity contribution is 5.94. The van der Waals surface area contributed by atoms with Crippen LogP contribution in [0, 0.1) is 0 Å². The Morgan fingerprint density at radius 3 is 2.36 bits per heavy atom. The lowest BCUT2D eigenvalue weighted by atomic mass is 10.0. The van der Waals surface area contributed by atoms with E-state index in [1.807, 2.05) is 97.9 Å². The summed E-state index contributed by atoms with van der Waals surface area (Å²) < 4.78 is 7.52. The number of hydrogen-bond donors (Lipinski definition) is 1. The summed E-state index contributed by atoms with van der Waals surface area (Å²) in [5.74, 6) is 0.766. The molecule has 5 aromatic rings. The Labute approximate surface area is 228 Å². The zero-order chi connectivity index (χ0) is 27.4. The van der Waals surface area contributed by atoms with E-state index in [0.29, 0.717) is 18.4 Å². The van der Waals surface area contributed by atoms with Crippen molar-refractivity contribution in [2.45, 2.75) is 32.7 Å². The van der Waals surface area contributed by atoms with Gasteiger partial charge in [0.1, 0.15) is 11.4 Å². The second-order valence-corrected chi connectivity index (χ2v) is 9.62. The van der Waals surface area contributed by atoms with E-state index in [2.05, 4.69) is 15.9 Å². The summed E-state index contributed by atoms with van der Waals surface area (Å²) in [7, 11) is 1.64. The molecule has 0 saturated heterocycles. The van der Waals surface area contributed by atoms with Crippen LogP contribution in [0.2, 0.25) is 0 Å². The largest absolute Gasteiger partial charge is 0.497 e. The van der Waals surface area contributed by atoms with Gasteiger partial charge in [0.05, 0.1) is 24.5 Å². The minimum absolute atomic E-state index is 0.0196. The number of ketones is 1. The fourth-order valence-corrected chi connectivity index (χ4v) is 4.77. The summed E-state index contributed by atoms with van der Waals surface area (Å²) in [6.45, 7) is 3.56. The second-order valence-electron chi connectivity index (χ2n) is 9.62. The van der Waals surface area contributed by atoms with Crippen LogP contribution in [0.1, 0.15) is 47.9 Å². The average Bonchev–Trinajstić information content (AvgIpc) is 3.34. The molecule has 1 amide bonds. The Kier molecular flexibility index (Phi) is 7.55. The van der Waals surface area contributed by atoms with Crippen LogP contribution in [0.5, 0.6) is 5.75 Å². The lowest BCUT2D eigenvalue weighted by Crippen LogP contribution is -2.26. The molecule has 5 rings (SSSR count). The minimum atomic E-state index is -0.0803. The SMILES string of the molecule is COc1cccc(-c2nc3ccc(-c4ccc(C(C)=O)cc4)cn3c2CCC(=O)NC(C)c2ccccc2)c1. The third-order valence-corrected chi connectivity index (χ3v) is 6.95. The number of Topliss-reactive ketones (excluding diaryl/α,β-unsaturated/α-hetero) is 1. The number of ether oxygens (including phenoxy) is 1. The number of fused-ring (bicyclic) bond motifs is 1. The maximum absolute atomic E-state index is 13.0. The smallest absolute Gasteiger partial charge is 0.220 e. The lowest BCUT2D eigenvalue weighted by Gasteiger charge is -2.14. The first-order chi connectivity index (χ1) is 18.9. The maximum Gasteiger partial charge on any atom is 0.220 e. The number of carbonyl (C=O) groups is 2. The number of nitrogens with zero attached hydrogens (tertiary/aromatic N) is 2. The van der Waals surface area contributed by atoms with Crippen molar-refractivity contribution < 1.29 is 14.3 Å². The van der Waals surface area contributed by atoms with Crippen LogP contribution < -0.4 is 10.1 Å². The topological polar surface area (TPSA) is 72.7 Å². The number of rotatable bonds is 9. The van der Waals surface area contributed by atoms with Gasteiger partial charge in [-0.1, -0.05) is 66.7 Å². The molecule has 6 nitrogen and oxygen atoms in total. The molecule has 0 aliphatic rings. The predicted octanol–water partition coefficient (Wildman–Crippen LogP) is 6.69. The molecule has 0 saturated carbocycles. The van der Waals surface area contributed by atoms with E-state index in [-0.39, 0.29) is 17.7 Å². The van der Waals surface area contributed by atoms with Gasteiger partial charge in [0.25, 0.3) is 0 Å². The first kappa shape index (κ1) is 25.9. The summed E-state index contributed by atoms with van der Waals surface area (Å²) >= 11 is 0. The van der Waals surface area contributed by atoms with Crippen LogP contribution in [0.25, 0.3) is 28.0 Å². The summed E-state index contributed by atoms with van der Waals surface area (Å²) in [6, 6.07) is 29.3. The fraction of sp³-hybridized carbons (Fsp3) is 0.182. The van der Waals surface area contributed by atoms with Gasteiger partial charge in [0, 0.05) is 23.7 Å².